The van der Waals surface area contributed by atoms with Gasteiger partial charge in [0.25, 0.3) is 5.91 Å². The Balaban J connectivity index is 1.91. The molecule has 1 fully saturated rings. The van der Waals surface area contributed by atoms with Crippen LogP contribution in [-0.2, 0) is 0 Å². The van der Waals surface area contributed by atoms with E-state index in [1.807, 2.05) is 26.0 Å². The predicted octanol–water partition coefficient (Wildman–Crippen LogP) is 4.96. The Bertz CT molecular complexity index is 1020. The maximum atomic E-state index is 13.4. The first-order chi connectivity index (χ1) is 13.5. The molecule has 146 valence electrons. The maximum absolute atomic E-state index is 13.4. The minimum atomic E-state index is -0.343. The van der Waals surface area contributed by atoms with Gasteiger partial charge >= 0.3 is 0 Å². The predicted molar refractivity (Wildman–Crippen MR) is 107 cm³/mol. The number of nitrogens with one attached hydrogen (secondary N) is 2. The summed E-state index contributed by atoms with van der Waals surface area (Å²) in [6.45, 7) is 3.92. The first kappa shape index (κ1) is 18.3. The van der Waals surface area contributed by atoms with Crippen LogP contribution in [0.3, 0.4) is 0 Å². The molecule has 1 aliphatic carbocycles. The fraction of sp³-hybridized carbons (Fsp3) is 0.318. The van der Waals surface area contributed by atoms with Gasteiger partial charge in [0, 0.05) is 30.1 Å². The van der Waals surface area contributed by atoms with Crippen LogP contribution in [0, 0.1) is 5.82 Å². The van der Waals surface area contributed by atoms with Gasteiger partial charge in [0.2, 0.25) is 0 Å². The number of fused-ring (bicyclic) bond motifs is 1. The number of rotatable bonds is 6. The molecule has 5 nitrogen and oxygen atoms in total. The zero-order valence-corrected chi connectivity index (χ0v) is 16.1. The fourth-order valence-corrected chi connectivity index (χ4v) is 3.19. The lowest BCUT2D eigenvalue weighted by Crippen LogP contribution is -2.18. The molecule has 4 rings (SSSR count). The fourth-order valence-electron chi connectivity index (χ4n) is 3.19. The summed E-state index contributed by atoms with van der Waals surface area (Å²) in [5, 5.41) is 6.80. The summed E-state index contributed by atoms with van der Waals surface area (Å²) in [4.78, 5) is 12.7. The summed E-state index contributed by atoms with van der Waals surface area (Å²) >= 11 is 0. The van der Waals surface area contributed by atoms with Crippen molar-refractivity contribution in [2.24, 2.45) is 0 Å². The number of anilines is 1. The molecule has 2 N–H and O–H groups in total. The van der Waals surface area contributed by atoms with Crippen molar-refractivity contribution >= 4 is 22.6 Å². The van der Waals surface area contributed by atoms with Gasteiger partial charge in [-0.05, 0) is 57.0 Å². The van der Waals surface area contributed by atoms with Crippen molar-refractivity contribution in [3.63, 3.8) is 0 Å². The van der Waals surface area contributed by atoms with Crippen LogP contribution in [-0.4, -0.2) is 25.1 Å². The van der Waals surface area contributed by atoms with E-state index < -0.39 is 0 Å². The van der Waals surface area contributed by atoms with Crippen molar-refractivity contribution in [3.8, 4) is 17.1 Å². The molecule has 0 unspecified atom stereocenters. The van der Waals surface area contributed by atoms with E-state index in [-0.39, 0.29) is 17.8 Å². The topological polar surface area (TPSA) is 63.5 Å². The molecule has 6 heteroatoms. The highest BCUT2D eigenvalue weighted by Gasteiger charge is 2.26. The number of furan rings is 1. The van der Waals surface area contributed by atoms with E-state index >= 15 is 0 Å². The number of hydrogen-bond donors (Lipinski definition) is 2. The lowest BCUT2D eigenvalue weighted by atomic mass is 10.0. The van der Waals surface area contributed by atoms with E-state index in [4.69, 9.17) is 9.15 Å². The Labute approximate surface area is 162 Å². The van der Waals surface area contributed by atoms with Gasteiger partial charge < -0.3 is 19.8 Å². The van der Waals surface area contributed by atoms with Crippen LogP contribution < -0.4 is 15.4 Å². The molecule has 0 bridgehead atoms. The van der Waals surface area contributed by atoms with E-state index in [1.54, 1.807) is 19.2 Å². The third kappa shape index (κ3) is 3.54. The van der Waals surface area contributed by atoms with Crippen LogP contribution in [0.1, 0.15) is 37.0 Å². The number of carbonyl (C=O) groups excluding carboxylic acids is 1. The van der Waals surface area contributed by atoms with Gasteiger partial charge in [-0.1, -0.05) is 0 Å². The third-order valence-electron chi connectivity index (χ3n) is 4.65. The minimum Gasteiger partial charge on any atom is -0.489 e. The van der Waals surface area contributed by atoms with Gasteiger partial charge in [-0.3, -0.25) is 4.79 Å². The minimum absolute atomic E-state index is 0.0101. The summed E-state index contributed by atoms with van der Waals surface area (Å²) in [7, 11) is 1.57. The SMILES string of the molecule is CNC(=O)c1c(-c2ccc(F)cc2)oc2cc(NC3CC3)c(OC(C)C)cc12. The first-order valence-electron chi connectivity index (χ1n) is 9.48. The average molecular weight is 382 g/mol. The van der Waals surface area contributed by atoms with E-state index in [9.17, 15) is 9.18 Å². The Morgan fingerprint density at radius 2 is 1.93 bits per heavy atom. The summed E-state index contributed by atoms with van der Waals surface area (Å²) in [5.41, 5.74) is 2.48. The third-order valence-corrected chi connectivity index (χ3v) is 4.65. The van der Waals surface area contributed by atoms with Crippen molar-refractivity contribution in [2.75, 3.05) is 12.4 Å². The number of amides is 1. The Hall–Kier alpha value is -3.02. The number of ether oxygens (including phenoxy) is 1. The smallest absolute Gasteiger partial charge is 0.255 e. The van der Waals surface area contributed by atoms with Gasteiger partial charge in [-0.2, -0.15) is 0 Å². The molecule has 2 aromatic carbocycles. The van der Waals surface area contributed by atoms with Gasteiger partial charge in [-0.25, -0.2) is 4.39 Å². The number of carbonyl (C=O) groups is 1. The van der Waals surface area contributed by atoms with Crippen LogP contribution in [0.5, 0.6) is 5.75 Å². The molecule has 1 saturated carbocycles. The largest absolute Gasteiger partial charge is 0.489 e. The van der Waals surface area contributed by atoms with E-state index in [0.717, 1.165) is 18.5 Å². The van der Waals surface area contributed by atoms with Gasteiger partial charge in [0.1, 0.15) is 22.9 Å². The zero-order valence-electron chi connectivity index (χ0n) is 16.1. The van der Waals surface area contributed by atoms with E-state index in [1.165, 1.54) is 12.1 Å². The molecule has 0 aliphatic heterocycles. The molecule has 0 spiro atoms. The van der Waals surface area contributed by atoms with Crippen LogP contribution in [0.25, 0.3) is 22.3 Å². The Kier molecular flexibility index (Phi) is 4.71. The second-order valence-corrected chi connectivity index (χ2v) is 7.32. The maximum Gasteiger partial charge on any atom is 0.255 e. The van der Waals surface area contributed by atoms with Gasteiger partial charge in [0.05, 0.1) is 17.4 Å². The average Bonchev–Trinajstić information content (AvgIpc) is 3.40. The van der Waals surface area contributed by atoms with Crippen molar-refractivity contribution in [1.29, 1.82) is 0 Å². The quantitative estimate of drug-likeness (QED) is 0.632. The molecular formula is C22H23FN2O3. The highest BCUT2D eigenvalue weighted by molar-refractivity contribution is 6.12. The summed E-state index contributed by atoms with van der Waals surface area (Å²) in [6, 6.07) is 10.1. The van der Waals surface area contributed by atoms with Crippen molar-refractivity contribution < 1.29 is 18.3 Å². The normalized spacial score (nSPS) is 13.8. The van der Waals surface area contributed by atoms with Gasteiger partial charge in [-0.15, -0.1) is 0 Å². The molecule has 0 radical (unpaired) electrons. The lowest BCUT2D eigenvalue weighted by Gasteiger charge is -2.15. The Morgan fingerprint density at radius 1 is 1.21 bits per heavy atom. The van der Waals surface area contributed by atoms with Crippen LogP contribution in [0.15, 0.2) is 40.8 Å². The summed E-state index contributed by atoms with van der Waals surface area (Å²) in [5.74, 6) is 0.487. The molecule has 0 saturated heterocycles. The molecule has 0 atom stereocenters. The van der Waals surface area contributed by atoms with Crippen LogP contribution in [0.2, 0.25) is 0 Å². The monoisotopic (exact) mass is 382 g/mol. The van der Waals surface area contributed by atoms with E-state index in [0.29, 0.717) is 39.6 Å². The molecule has 1 aromatic heterocycles. The van der Waals surface area contributed by atoms with Crippen LogP contribution in [0.4, 0.5) is 10.1 Å². The second-order valence-electron chi connectivity index (χ2n) is 7.32. The number of hydrogen-bond acceptors (Lipinski definition) is 4. The molecule has 28 heavy (non-hydrogen) atoms. The molecule has 1 aliphatic rings. The van der Waals surface area contributed by atoms with Crippen molar-refractivity contribution in [1.82, 2.24) is 5.32 Å². The summed E-state index contributed by atoms with van der Waals surface area (Å²) in [6.07, 6.45) is 2.24. The second kappa shape index (κ2) is 7.19. The molecule has 1 amide bonds. The van der Waals surface area contributed by atoms with Crippen LogP contribution >= 0.6 is 0 Å². The Morgan fingerprint density at radius 3 is 2.54 bits per heavy atom. The lowest BCUT2D eigenvalue weighted by molar-refractivity contribution is 0.0964. The molecule has 1 heterocycles. The first-order valence-corrected chi connectivity index (χ1v) is 9.48. The van der Waals surface area contributed by atoms with Crippen molar-refractivity contribution in [3.05, 3.63) is 47.8 Å². The zero-order chi connectivity index (χ0) is 19.8. The highest BCUT2D eigenvalue weighted by Crippen LogP contribution is 2.40. The highest BCUT2D eigenvalue weighted by atomic mass is 19.1. The standard InChI is InChI=1S/C22H23FN2O3/c1-12(2)27-19-10-16-18(11-17(19)25-15-8-9-15)28-21(20(16)22(26)24-3)13-4-6-14(23)7-5-13/h4-7,10-12,15,25H,8-9H2,1-3H3,(H,24,26). The van der Waals surface area contributed by atoms with E-state index in [2.05, 4.69) is 10.6 Å². The molecule has 3 aromatic rings. The van der Waals surface area contributed by atoms with Gasteiger partial charge in [0.15, 0.2) is 0 Å². The number of halogens is 1. The number of benzene rings is 2. The summed E-state index contributed by atoms with van der Waals surface area (Å²) < 4.78 is 25.4. The van der Waals surface area contributed by atoms with Crippen molar-refractivity contribution in [2.45, 2.75) is 38.8 Å². The molecular weight excluding hydrogens is 359 g/mol.